The first kappa shape index (κ1) is 16.3. The molecule has 0 spiro atoms. The van der Waals surface area contributed by atoms with Gasteiger partial charge in [0.05, 0.1) is 0 Å². The van der Waals surface area contributed by atoms with E-state index in [0.717, 1.165) is 18.0 Å². The van der Waals surface area contributed by atoms with Crippen LogP contribution in [0, 0.1) is 5.92 Å². The summed E-state index contributed by atoms with van der Waals surface area (Å²) in [7, 11) is 0. The fourth-order valence-electron chi connectivity index (χ4n) is 3.91. The first-order valence-electron chi connectivity index (χ1n) is 8.96. The number of piperidine rings is 1. The summed E-state index contributed by atoms with van der Waals surface area (Å²) in [5.41, 5.74) is 0. The Hall–Kier alpha value is -0.120. The van der Waals surface area contributed by atoms with E-state index < -0.39 is 0 Å². The number of piperazine rings is 1. The highest BCUT2D eigenvalue weighted by Crippen LogP contribution is 2.22. The third-order valence-electron chi connectivity index (χ3n) is 5.37. The summed E-state index contributed by atoms with van der Waals surface area (Å²) in [4.78, 5) is 5.41. The molecule has 2 aliphatic heterocycles. The molecular weight excluding hydrogens is 246 g/mol. The number of nitrogens with one attached hydrogen (secondary N) is 1. The summed E-state index contributed by atoms with van der Waals surface area (Å²) in [6.45, 7) is 14.6. The van der Waals surface area contributed by atoms with E-state index in [1.165, 1.54) is 71.4 Å². The van der Waals surface area contributed by atoms with Crippen LogP contribution in [0.15, 0.2) is 0 Å². The Balaban J connectivity index is 1.81. The van der Waals surface area contributed by atoms with Crippen molar-refractivity contribution >= 4 is 0 Å². The predicted octanol–water partition coefficient (Wildman–Crippen LogP) is 2.57. The summed E-state index contributed by atoms with van der Waals surface area (Å²) >= 11 is 0. The van der Waals surface area contributed by atoms with Crippen molar-refractivity contribution in [2.75, 3.05) is 39.3 Å². The third-order valence-corrected chi connectivity index (χ3v) is 5.37. The van der Waals surface area contributed by atoms with E-state index in [-0.39, 0.29) is 0 Å². The standard InChI is InChI=1S/C17H35N3/c1-4-7-16-14-20(17(5-2)12-18-16)13-15-8-10-19(6-3)11-9-15/h15-18H,4-14H2,1-3H3. The van der Waals surface area contributed by atoms with E-state index in [4.69, 9.17) is 0 Å². The molecule has 2 aliphatic rings. The van der Waals surface area contributed by atoms with Crippen molar-refractivity contribution in [2.24, 2.45) is 5.92 Å². The molecule has 0 bridgehead atoms. The molecule has 0 aliphatic carbocycles. The van der Waals surface area contributed by atoms with Gasteiger partial charge < -0.3 is 10.2 Å². The fraction of sp³-hybridized carbons (Fsp3) is 1.00. The van der Waals surface area contributed by atoms with Gasteiger partial charge in [-0.3, -0.25) is 4.90 Å². The Morgan fingerprint density at radius 3 is 2.45 bits per heavy atom. The number of nitrogens with zero attached hydrogens (tertiary/aromatic N) is 2. The van der Waals surface area contributed by atoms with Crippen molar-refractivity contribution in [1.82, 2.24) is 15.1 Å². The Kier molecular flexibility index (Phi) is 6.79. The number of hydrogen-bond acceptors (Lipinski definition) is 3. The Bertz CT molecular complexity index is 261. The molecule has 0 aromatic carbocycles. The maximum atomic E-state index is 3.75. The largest absolute Gasteiger partial charge is 0.311 e. The molecule has 2 heterocycles. The predicted molar refractivity (Wildman–Crippen MR) is 87.2 cm³/mol. The van der Waals surface area contributed by atoms with Gasteiger partial charge in [0, 0.05) is 31.7 Å². The normalized spacial score (nSPS) is 30.8. The van der Waals surface area contributed by atoms with Crippen molar-refractivity contribution in [3.8, 4) is 0 Å². The molecule has 0 radical (unpaired) electrons. The molecule has 2 atom stereocenters. The highest BCUT2D eigenvalue weighted by molar-refractivity contribution is 4.87. The van der Waals surface area contributed by atoms with Crippen molar-refractivity contribution in [3.63, 3.8) is 0 Å². The average molecular weight is 281 g/mol. The maximum absolute atomic E-state index is 3.75. The molecule has 2 rings (SSSR count). The molecule has 0 aromatic rings. The molecule has 1 N–H and O–H groups in total. The van der Waals surface area contributed by atoms with E-state index in [1.54, 1.807) is 0 Å². The molecule has 0 aromatic heterocycles. The Morgan fingerprint density at radius 2 is 1.85 bits per heavy atom. The zero-order valence-electron chi connectivity index (χ0n) is 13.9. The summed E-state index contributed by atoms with van der Waals surface area (Å²) in [6, 6.07) is 1.51. The van der Waals surface area contributed by atoms with Crippen LogP contribution >= 0.6 is 0 Å². The lowest BCUT2D eigenvalue weighted by Gasteiger charge is -2.43. The van der Waals surface area contributed by atoms with Crippen LogP contribution in [0.5, 0.6) is 0 Å². The van der Waals surface area contributed by atoms with Crippen LogP contribution in [0.25, 0.3) is 0 Å². The lowest BCUT2D eigenvalue weighted by molar-refractivity contribution is 0.0814. The van der Waals surface area contributed by atoms with Gasteiger partial charge in [0.2, 0.25) is 0 Å². The first-order chi connectivity index (χ1) is 9.76. The van der Waals surface area contributed by atoms with E-state index in [2.05, 4.69) is 35.9 Å². The molecule has 0 saturated carbocycles. The molecule has 2 unspecified atom stereocenters. The molecule has 20 heavy (non-hydrogen) atoms. The van der Waals surface area contributed by atoms with Crippen molar-refractivity contribution in [1.29, 1.82) is 0 Å². The SMILES string of the molecule is CCCC1CN(CC2CCN(CC)CC2)C(CC)CN1. The van der Waals surface area contributed by atoms with Gasteiger partial charge in [0.1, 0.15) is 0 Å². The maximum Gasteiger partial charge on any atom is 0.0218 e. The van der Waals surface area contributed by atoms with Crippen LogP contribution in [0.4, 0.5) is 0 Å². The molecule has 2 saturated heterocycles. The highest BCUT2D eigenvalue weighted by Gasteiger charge is 2.29. The van der Waals surface area contributed by atoms with E-state index in [0.29, 0.717) is 0 Å². The van der Waals surface area contributed by atoms with Crippen LogP contribution in [0.2, 0.25) is 0 Å². The molecule has 118 valence electrons. The van der Waals surface area contributed by atoms with Crippen molar-refractivity contribution in [3.05, 3.63) is 0 Å². The van der Waals surface area contributed by atoms with Crippen LogP contribution in [-0.4, -0.2) is 61.2 Å². The van der Waals surface area contributed by atoms with E-state index >= 15 is 0 Å². The molecule has 3 heteroatoms. The minimum absolute atomic E-state index is 0.735. The second kappa shape index (κ2) is 8.35. The van der Waals surface area contributed by atoms with Gasteiger partial charge >= 0.3 is 0 Å². The van der Waals surface area contributed by atoms with E-state index in [1.807, 2.05) is 0 Å². The van der Waals surface area contributed by atoms with Gasteiger partial charge in [-0.1, -0.05) is 27.2 Å². The summed E-state index contributed by atoms with van der Waals surface area (Å²) in [6.07, 6.45) is 6.75. The minimum atomic E-state index is 0.735. The topological polar surface area (TPSA) is 18.5 Å². The molecular formula is C17H35N3. The fourth-order valence-corrected chi connectivity index (χ4v) is 3.91. The zero-order valence-corrected chi connectivity index (χ0v) is 13.9. The van der Waals surface area contributed by atoms with Crippen LogP contribution in [-0.2, 0) is 0 Å². The minimum Gasteiger partial charge on any atom is -0.311 e. The summed E-state index contributed by atoms with van der Waals surface area (Å²) in [5, 5.41) is 3.75. The monoisotopic (exact) mass is 281 g/mol. The van der Waals surface area contributed by atoms with Gasteiger partial charge in [-0.05, 0) is 51.2 Å². The average Bonchev–Trinajstić information content (AvgIpc) is 2.49. The third kappa shape index (κ3) is 4.44. The lowest BCUT2D eigenvalue weighted by atomic mass is 9.94. The number of rotatable bonds is 6. The first-order valence-corrected chi connectivity index (χ1v) is 8.96. The van der Waals surface area contributed by atoms with Crippen molar-refractivity contribution in [2.45, 2.75) is 65.0 Å². The number of hydrogen-bond donors (Lipinski definition) is 1. The molecule has 0 amide bonds. The quantitative estimate of drug-likeness (QED) is 0.807. The zero-order chi connectivity index (χ0) is 14.4. The van der Waals surface area contributed by atoms with Gasteiger partial charge in [-0.2, -0.15) is 0 Å². The van der Waals surface area contributed by atoms with Gasteiger partial charge in [-0.15, -0.1) is 0 Å². The lowest BCUT2D eigenvalue weighted by Crippen LogP contribution is -2.57. The molecule has 2 fully saturated rings. The van der Waals surface area contributed by atoms with Crippen LogP contribution < -0.4 is 5.32 Å². The Labute approximate surface area is 126 Å². The van der Waals surface area contributed by atoms with E-state index in [9.17, 15) is 0 Å². The van der Waals surface area contributed by atoms with Gasteiger partial charge in [-0.25, -0.2) is 0 Å². The summed E-state index contributed by atoms with van der Waals surface area (Å²) in [5.74, 6) is 0.937. The van der Waals surface area contributed by atoms with Gasteiger partial charge in [0.25, 0.3) is 0 Å². The van der Waals surface area contributed by atoms with Crippen LogP contribution in [0.3, 0.4) is 0 Å². The second-order valence-corrected chi connectivity index (χ2v) is 6.79. The number of likely N-dealkylation sites (tertiary alicyclic amines) is 1. The molecule has 3 nitrogen and oxygen atoms in total. The second-order valence-electron chi connectivity index (χ2n) is 6.79. The highest BCUT2D eigenvalue weighted by atomic mass is 15.2. The summed E-state index contributed by atoms with van der Waals surface area (Å²) < 4.78 is 0. The van der Waals surface area contributed by atoms with Crippen LogP contribution in [0.1, 0.15) is 52.9 Å². The Morgan fingerprint density at radius 1 is 1.10 bits per heavy atom. The smallest absolute Gasteiger partial charge is 0.0218 e. The van der Waals surface area contributed by atoms with Crippen molar-refractivity contribution < 1.29 is 0 Å². The van der Waals surface area contributed by atoms with Gasteiger partial charge in [0.15, 0.2) is 0 Å².